The second-order valence-electron chi connectivity index (χ2n) is 2.18. The van der Waals surface area contributed by atoms with Crippen LogP contribution in [0.15, 0.2) is 11.8 Å². The highest BCUT2D eigenvalue weighted by Crippen LogP contribution is 2.17. The number of ether oxygens (including phenoxy) is 2. The first-order chi connectivity index (χ1) is 4.47. The van der Waals surface area contributed by atoms with E-state index in [1.807, 2.05) is 6.08 Å². The fourth-order valence-corrected chi connectivity index (χ4v) is 1.10. The number of rotatable bonds is 0. The molecule has 1 atom stereocenters. The molecule has 1 N–H and O–H groups in total. The summed E-state index contributed by atoms with van der Waals surface area (Å²) < 4.78 is 10.4. The quantitative estimate of drug-likeness (QED) is 0.490. The number of hydrogen-bond donors (Lipinski definition) is 1. The highest BCUT2D eigenvalue weighted by molar-refractivity contribution is 5.08. The standard InChI is InChI=1S/C6H9NO2/c1-2-7-3-6-5(1)8-4-9-6/h1,6-7H,2-4H2. The van der Waals surface area contributed by atoms with Crippen molar-refractivity contribution in [3.8, 4) is 0 Å². The van der Waals surface area contributed by atoms with Gasteiger partial charge in [0.1, 0.15) is 11.9 Å². The van der Waals surface area contributed by atoms with Gasteiger partial charge < -0.3 is 14.8 Å². The van der Waals surface area contributed by atoms with Crippen LogP contribution in [-0.2, 0) is 9.47 Å². The maximum absolute atomic E-state index is 5.20. The first-order valence-electron chi connectivity index (χ1n) is 3.12. The van der Waals surface area contributed by atoms with Gasteiger partial charge in [-0.3, -0.25) is 0 Å². The monoisotopic (exact) mass is 127 g/mol. The molecule has 0 spiro atoms. The van der Waals surface area contributed by atoms with Crippen molar-refractivity contribution >= 4 is 0 Å². The summed E-state index contributed by atoms with van der Waals surface area (Å²) in [6.07, 6.45) is 2.22. The van der Waals surface area contributed by atoms with Crippen LogP contribution in [0.4, 0.5) is 0 Å². The summed E-state index contributed by atoms with van der Waals surface area (Å²) in [6.45, 7) is 2.24. The van der Waals surface area contributed by atoms with Crippen LogP contribution in [0.1, 0.15) is 0 Å². The molecule has 9 heavy (non-hydrogen) atoms. The van der Waals surface area contributed by atoms with Crippen molar-refractivity contribution in [2.75, 3.05) is 19.9 Å². The molecule has 0 aliphatic carbocycles. The topological polar surface area (TPSA) is 30.5 Å². The van der Waals surface area contributed by atoms with Gasteiger partial charge in [-0.1, -0.05) is 0 Å². The molecule has 0 bridgehead atoms. The maximum Gasteiger partial charge on any atom is 0.189 e. The Morgan fingerprint density at radius 3 is 3.56 bits per heavy atom. The fourth-order valence-electron chi connectivity index (χ4n) is 1.10. The Bertz CT molecular complexity index is 144. The van der Waals surface area contributed by atoms with Gasteiger partial charge in [0.05, 0.1) is 0 Å². The Hall–Kier alpha value is -0.540. The van der Waals surface area contributed by atoms with Crippen molar-refractivity contribution in [3.05, 3.63) is 11.8 Å². The zero-order valence-corrected chi connectivity index (χ0v) is 5.09. The van der Waals surface area contributed by atoms with Gasteiger partial charge in [-0.05, 0) is 6.08 Å². The molecule has 2 heterocycles. The predicted octanol–water partition coefficient (Wildman–Crippen LogP) is -0.154. The van der Waals surface area contributed by atoms with Gasteiger partial charge in [0.2, 0.25) is 0 Å². The molecule has 2 aliphatic heterocycles. The zero-order chi connectivity index (χ0) is 6.10. The summed E-state index contributed by atoms with van der Waals surface area (Å²) in [5.74, 6) is 1.01. The van der Waals surface area contributed by atoms with Crippen molar-refractivity contribution in [1.82, 2.24) is 5.32 Å². The molecule has 0 amide bonds. The van der Waals surface area contributed by atoms with Crippen molar-refractivity contribution in [2.24, 2.45) is 0 Å². The molecule has 0 aromatic rings. The van der Waals surface area contributed by atoms with E-state index < -0.39 is 0 Å². The van der Waals surface area contributed by atoms with Crippen molar-refractivity contribution in [3.63, 3.8) is 0 Å². The Balaban J connectivity index is 2.16. The largest absolute Gasteiger partial charge is 0.469 e. The molecule has 2 rings (SSSR count). The van der Waals surface area contributed by atoms with Crippen LogP contribution in [0, 0.1) is 0 Å². The van der Waals surface area contributed by atoms with E-state index in [2.05, 4.69) is 5.32 Å². The molecular formula is C6H9NO2. The number of nitrogens with one attached hydrogen (secondary N) is 1. The summed E-state index contributed by atoms with van der Waals surface area (Å²) in [7, 11) is 0. The van der Waals surface area contributed by atoms with Gasteiger partial charge in [0.25, 0.3) is 0 Å². The van der Waals surface area contributed by atoms with Crippen molar-refractivity contribution in [1.29, 1.82) is 0 Å². The molecule has 0 aromatic carbocycles. The van der Waals surface area contributed by atoms with Gasteiger partial charge in [0, 0.05) is 13.1 Å². The molecule has 0 radical (unpaired) electrons. The highest BCUT2D eigenvalue weighted by atomic mass is 16.7. The van der Waals surface area contributed by atoms with E-state index in [1.165, 1.54) is 0 Å². The van der Waals surface area contributed by atoms with E-state index in [-0.39, 0.29) is 6.10 Å². The highest BCUT2D eigenvalue weighted by Gasteiger charge is 2.24. The SMILES string of the molecule is C1=C2OCOC2CNC1. The molecule has 3 heteroatoms. The summed E-state index contributed by atoms with van der Waals surface area (Å²) in [4.78, 5) is 0. The second kappa shape index (κ2) is 2.01. The fraction of sp³-hybridized carbons (Fsp3) is 0.667. The number of fused-ring (bicyclic) bond motifs is 1. The average Bonchev–Trinajstić information content (AvgIpc) is 2.33. The summed E-state index contributed by atoms with van der Waals surface area (Å²) in [5, 5.41) is 3.17. The summed E-state index contributed by atoms with van der Waals surface area (Å²) in [5.41, 5.74) is 0. The van der Waals surface area contributed by atoms with E-state index in [1.54, 1.807) is 0 Å². The Kier molecular flexibility index (Phi) is 1.17. The molecular weight excluding hydrogens is 118 g/mol. The maximum atomic E-state index is 5.20. The van der Waals surface area contributed by atoms with Gasteiger partial charge in [-0.25, -0.2) is 0 Å². The molecule has 0 saturated carbocycles. The van der Waals surface area contributed by atoms with Gasteiger partial charge >= 0.3 is 0 Å². The van der Waals surface area contributed by atoms with E-state index in [0.717, 1.165) is 18.8 Å². The molecule has 0 aromatic heterocycles. The van der Waals surface area contributed by atoms with Crippen molar-refractivity contribution in [2.45, 2.75) is 6.10 Å². The molecule has 2 aliphatic rings. The van der Waals surface area contributed by atoms with Gasteiger partial charge in [-0.2, -0.15) is 0 Å². The summed E-state index contributed by atoms with van der Waals surface area (Å²) in [6, 6.07) is 0. The average molecular weight is 127 g/mol. The summed E-state index contributed by atoms with van der Waals surface area (Å²) >= 11 is 0. The van der Waals surface area contributed by atoms with Crippen LogP contribution in [0.5, 0.6) is 0 Å². The smallest absolute Gasteiger partial charge is 0.189 e. The zero-order valence-electron chi connectivity index (χ0n) is 5.09. The lowest BCUT2D eigenvalue weighted by atomic mass is 10.2. The van der Waals surface area contributed by atoms with Crippen LogP contribution >= 0.6 is 0 Å². The minimum Gasteiger partial charge on any atom is -0.469 e. The van der Waals surface area contributed by atoms with Crippen LogP contribution in [-0.4, -0.2) is 26.0 Å². The van der Waals surface area contributed by atoms with Crippen molar-refractivity contribution < 1.29 is 9.47 Å². The van der Waals surface area contributed by atoms with Crippen LogP contribution < -0.4 is 5.32 Å². The lowest BCUT2D eigenvalue weighted by molar-refractivity contribution is 0.0507. The molecule has 50 valence electrons. The number of hydrogen-bond acceptors (Lipinski definition) is 3. The van der Waals surface area contributed by atoms with Crippen LogP contribution in [0.2, 0.25) is 0 Å². The Morgan fingerprint density at radius 2 is 2.67 bits per heavy atom. The van der Waals surface area contributed by atoms with E-state index in [9.17, 15) is 0 Å². The van der Waals surface area contributed by atoms with Crippen LogP contribution in [0.25, 0.3) is 0 Å². The molecule has 1 fully saturated rings. The van der Waals surface area contributed by atoms with Crippen LogP contribution in [0.3, 0.4) is 0 Å². The third kappa shape index (κ3) is 0.821. The minimum absolute atomic E-state index is 0.193. The predicted molar refractivity (Wildman–Crippen MR) is 31.8 cm³/mol. The first kappa shape index (κ1) is 5.26. The lowest BCUT2D eigenvalue weighted by Gasteiger charge is -2.13. The van der Waals surface area contributed by atoms with Gasteiger partial charge in [0.15, 0.2) is 6.79 Å². The van der Waals surface area contributed by atoms with E-state index >= 15 is 0 Å². The first-order valence-corrected chi connectivity index (χ1v) is 3.12. The Labute approximate surface area is 53.6 Å². The Morgan fingerprint density at radius 1 is 1.67 bits per heavy atom. The third-order valence-corrected chi connectivity index (χ3v) is 1.59. The normalized spacial score (nSPS) is 32.9. The van der Waals surface area contributed by atoms with E-state index in [0.29, 0.717) is 6.79 Å². The molecule has 1 unspecified atom stereocenters. The third-order valence-electron chi connectivity index (χ3n) is 1.59. The second-order valence-corrected chi connectivity index (χ2v) is 2.18. The minimum atomic E-state index is 0.193. The van der Waals surface area contributed by atoms with Gasteiger partial charge in [-0.15, -0.1) is 0 Å². The van der Waals surface area contributed by atoms with E-state index in [4.69, 9.17) is 9.47 Å². The molecule has 1 saturated heterocycles. The molecule has 3 nitrogen and oxygen atoms in total. The lowest BCUT2D eigenvalue weighted by Crippen LogP contribution is -2.31.